The van der Waals surface area contributed by atoms with Crippen LogP contribution in [0.3, 0.4) is 0 Å². The first-order valence-corrected chi connectivity index (χ1v) is 7.70. The highest BCUT2D eigenvalue weighted by molar-refractivity contribution is 5.03. The first kappa shape index (κ1) is 14.1. The number of rotatable bonds is 6. The summed E-state index contributed by atoms with van der Waals surface area (Å²) in [5, 5.41) is 0. The molecule has 0 bridgehead atoms. The molecule has 0 aliphatic carbocycles. The number of hydrogen-bond donors (Lipinski definition) is 0. The van der Waals surface area contributed by atoms with Crippen LogP contribution in [0.15, 0.2) is 12.2 Å². The Kier molecular flexibility index (Phi) is 4.85. The second kappa shape index (κ2) is 6.21. The number of allylic oxidation sites excluding steroid dienone is 1. The second-order valence-electron chi connectivity index (χ2n) is 6.31. The van der Waals surface area contributed by atoms with E-state index in [0.717, 1.165) is 19.1 Å². The van der Waals surface area contributed by atoms with E-state index in [0.29, 0.717) is 6.04 Å². The Morgan fingerprint density at radius 1 is 1.50 bits per heavy atom. The van der Waals surface area contributed by atoms with Crippen LogP contribution in [0.4, 0.5) is 0 Å². The SMILES string of the molecule is CCCCC(C)/C=C/CC1(C)OCN2CCCC21. The van der Waals surface area contributed by atoms with Crippen LogP contribution in [0.2, 0.25) is 0 Å². The van der Waals surface area contributed by atoms with Gasteiger partial charge in [0.25, 0.3) is 0 Å². The molecule has 3 atom stereocenters. The van der Waals surface area contributed by atoms with Crippen molar-refractivity contribution in [2.24, 2.45) is 5.92 Å². The first-order valence-electron chi connectivity index (χ1n) is 7.70. The maximum atomic E-state index is 6.05. The van der Waals surface area contributed by atoms with Crippen LogP contribution in [-0.4, -0.2) is 29.8 Å². The minimum atomic E-state index is 0.0669. The molecule has 2 aliphatic heterocycles. The minimum Gasteiger partial charge on any atom is -0.358 e. The zero-order valence-electron chi connectivity index (χ0n) is 12.3. The van der Waals surface area contributed by atoms with Crippen LogP contribution in [0.5, 0.6) is 0 Å². The summed E-state index contributed by atoms with van der Waals surface area (Å²) in [4.78, 5) is 2.51. The number of fused-ring (bicyclic) bond motifs is 1. The third-order valence-electron chi connectivity index (χ3n) is 4.63. The predicted molar refractivity (Wildman–Crippen MR) is 76.5 cm³/mol. The lowest BCUT2D eigenvalue weighted by atomic mass is 9.90. The third-order valence-corrected chi connectivity index (χ3v) is 4.63. The Bertz CT molecular complexity index is 289. The molecule has 0 N–H and O–H groups in total. The van der Waals surface area contributed by atoms with E-state index in [1.807, 2.05) is 0 Å². The zero-order chi connectivity index (χ0) is 13.0. The Hall–Kier alpha value is -0.340. The van der Waals surface area contributed by atoms with E-state index in [-0.39, 0.29) is 5.60 Å². The molecule has 18 heavy (non-hydrogen) atoms. The largest absolute Gasteiger partial charge is 0.358 e. The van der Waals surface area contributed by atoms with Gasteiger partial charge in [-0.15, -0.1) is 0 Å². The standard InChI is InChI=1S/C16H29NO/c1-4-5-8-14(2)9-6-11-16(3)15-10-7-12-17(15)13-18-16/h6,9,14-15H,4-5,7-8,10-13H2,1-3H3/b9-6+. The molecule has 2 saturated heterocycles. The van der Waals surface area contributed by atoms with Crippen molar-refractivity contribution in [1.82, 2.24) is 4.90 Å². The fraction of sp³-hybridized carbons (Fsp3) is 0.875. The van der Waals surface area contributed by atoms with Gasteiger partial charge in [0.1, 0.15) is 6.73 Å². The predicted octanol–water partition coefficient (Wildman–Crippen LogP) is 3.97. The third kappa shape index (κ3) is 3.16. The number of hydrogen-bond acceptors (Lipinski definition) is 2. The van der Waals surface area contributed by atoms with Gasteiger partial charge in [0, 0.05) is 12.6 Å². The molecular weight excluding hydrogens is 222 g/mol. The highest BCUT2D eigenvalue weighted by atomic mass is 16.5. The number of nitrogens with zero attached hydrogens (tertiary/aromatic N) is 1. The molecule has 0 radical (unpaired) electrons. The lowest BCUT2D eigenvalue weighted by Crippen LogP contribution is -2.38. The smallest absolute Gasteiger partial charge is 0.100 e. The van der Waals surface area contributed by atoms with Crippen LogP contribution in [0.1, 0.15) is 59.3 Å². The normalized spacial score (nSPS) is 34.3. The monoisotopic (exact) mass is 251 g/mol. The summed E-state index contributed by atoms with van der Waals surface area (Å²) >= 11 is 0. The van der Waals surface area contributed by atoms with Crippen molar-refractivity contribution in [2.45, 2.75) is 70.9 Å². The molecule has 104 valence electrons. The van der Waals surface area contributed by atoms with Crippen LogP contribution < -0.4 is 0 Å². The van der Waals surface area contributed by atoms with E-state index in [9.17, 15) is 0 Å². The van der Waals surface area contributed by atoms with Gasteiger partial charge in [0.2, 0.25) is 0 Å². The minimum absolute atomic E-state index is 0.0669. The van der Waals surface area contributed by atoms with Gasteiger partial charge in [0.05, 0.1) is 5.60 Å². The first-order chi connectivity index (χ1) is 8.65. The maximum Gasteiger partial charge on any atom is 0.100 e. The Labute approximate surface area is 112 Å². The van der Waals surface area contributed by atoms with Crippen molar-refractivity contribution >= 4 is 0 Å². The summed E-state index contributed by atoms with van der Waals surface area (Å²) in [5.41, 5.74) is 0.0669. The second-order valence-corrected chi connectivity index (χ2v) is 6.31. The molecule has 0 saturated carbocycles. The van der Waals surface area contributed by atoms with Crippen molar-refractivity contribution < 1.29 is 4.74 Å². The highest BCUT2D eigenvalue weighted by Crippen LogP contribution is 2.37. The molecule has 2 aliphatic rings. The van der Waals surface area contributed by atoms with Gasteiger partial charge in [-0.2, -0.15) is 0 Å². The fourth-order valence-electron chi connectivity index (χ4n) is 3.35. The molecule has 0 aromatic carbocycles. The summed E-state index contributed by atoms with van der Waals surface area (Å²) < 4.78 is 6.05. The quantitative estimate of drug-likeness (QED) is 0.662. The molecule has 2 fully saturated rings. The average Bonchev–Trinajstić information content (AvgIpc) is 2.92. The Balaban J connectivity index is 1.80. The van der Waals surface area contributed by atoms with Crippen molar-refractivity contribution in [3.8, 4) is 0 Å². The van der Waals surface area contributed by atoms with Crippen LogP contribution in [-0.2, 0) is 4.74 Å². The fourth-order valence-corrected chi connectivity index (χ4v) is 3.35. The molecule has 0 spiro atoms. The lowest BCUT2D eigenvalue weighted by molar-refractivity contribution is 0.00746. The topological polar surface area (TPSA) is 12.5 Å². The van der Waals surface area contributed by atoms with Gasteiger partial charge in [0.15, 0.2) is 0 Å². The summed E-state index contributed by atoms with van der Waals surface area (Å²) in [7, 11) is 0. The van der Waals surface area contributed by atoms with Gasteiger partial charge in [-0.05, 0) is 38.5 Å². The summed E-state index contributed by atoms with van der Waals surface area (Å²) in [6, 6.07) is 0.660. The molecule has 0 aromatic heterocycles. The van der Waals surface area contributed by atoms with E-state index in [1.165, 1.54) is 38.6 Å². The molecule has 2 heteroatoms. The van der Waals surface area contributed by atoms with Crippen LogP contribution >= 0.6 is 0 Å². The summed E-state index contributed by atoms with van der Waals surface area (Å²) in [6.45, 7) is 8.96. The van der Waals surface area contributed by atoms with Gasteiger partial charge < -0.3 is 4.74 Å². The van der Waals surface area contributed by atoms with Crippen LogP contribution in [0, 0.1) is 5.92 Å². The summed E-state index contributed by atoms with van der Waals surface area (Å²) in [6.07, 6.45) is 12.5. The molecule has 2 heterocycles. The van der Waals surface area contributed by atoms with Gasteiger partial charge in [-0.1, -0.05) is 38.8 Å². The van der Waals surface area contributed by atoms with E-state index < -0.39 is 0 Å². The maximum absolute atomic E-state index is 6.05. The van der Waals surface area contributed by atoms with Gasteiger partial charge in [-0.25, -0.2) is 0 Å². The van der Waals surface area contributed by atoms with Crippen molar-refractivity contribution in [3.63, 3.8) is 0 Å². The highest BCUT2D eigenvalue weighted by Gasteiger charge is 2.46. The molecule has 0 amide bonds. The molecule has 0 aromatic rings. The van der Waals surface area contributed by atoms with Crippen molar-refractivity contribution in [2.75, 3.05) is 13.3 Å². The van der Waals surface area contributed by atoms with Gasteiger partial charge >= 0.3 is 0 Å². The molecule has 2 rings (SSSR count). The average molecular weight is 251 g/mol. The van der Waals surface area contributed by atoms with E-state index in [4.69, 9.17) is 4.74 Å². The zero-order valence-corrected chi connectivity index (χ0v) is 12.3. The molecule has 2 nitrogen and oxygen atoms in total. The lowest BCUT2D eigenvalue weighted by Gasteiger charge is -2.28. The van der Waals surface area contributed by atoms with Gasteiger partial charge in [-0.3, -0.25) is 4.90 Å². The molecule has 3 unspecified atom stereocenters. The Morgan fingerprint density at radius 3 is 3.11 bits per heavy atom. The van der Waals surface area contributed by atoms with E-state index in [1.54, 1.807) is 0 Å². The van der Waals surface area contributed by atoms with E-state index in [2.05, 4.69) is 37.8 Å². The van der Waals surface area contributed by atoms with E-state index >= 15 is 0 Å². The van der Waals surface area contributed by atoms with Crippen molar-refractivity contribution in [1.29, 1.82) is 0 Å². The number of unbranched alkanes of at least 4 members (excludes halogenated alkanes) is 1. The summed E-state index contributed by atoms with van der Waals surface area (Å²) in [5.74, 6) is 0.717. The number of ether oxygens (including phenoxy) is 1. The van der Waals surface area contributed by atoms with Crippen LogP contribution in [0.25, 0.3) is 0 Å². The Morgan fingerprint density at radius 2 is 2.33 bits per heavy atom. The van der Waals surface area contributed by atoms with Crippen molar-refractivity contribution in [3.05, 3.63) is 12.2 Å². The molecular formula is C16H29NO.